The Kier molecular flexibility index (Phi) is 5.08. The Morgan fingerprint density at radius 3 is 2.55 bits per heavy atom. The fourth-order valence-electron chi connectivity index (χ4n) is 1.75. The molecule has 1 aromatic rings. The molecule has 0 N–H and O–H groups in total. The molecule has 0 aliphatic carbocycles. The molecule has 1 aromatic carbocycles. The Morgan fingerprint density at radius 1 is 1.23 bits per heavy atom. The van der Waals surface area contributed by atoms with Crippen LogP contribution in [-0.2, 0) is 23.8 Å². The molecule has 0 radical (unpaired) electrons. The molecule has 1 aliphatic rings. The molecular weight excluding hydrogens is 288 g/mol. The maximum atomic E-state index is 11.8. The van der Waals surface area contributed by atoms with Gasteiger partial charge in [-0.2, -0.15) is 0 Å². The van der Waals surface area contributed by atoms with E-state index in [-0.39, 0.29) is 12.4 Å². The molecule has 22 heavy (non-hydrogen) atoms. The minimum atomic E-state index is -0.837. The van der Waals surface area contributed by atoms with E-state index in [1.54, 1.807) is 30.3 Å². The summed E-state index contributed by atoms with van der Waals surface area (Å²) in [4.78, 5) is 33.9. The summed E-state index contributed by atoms with van der Waals surface area (Å²) in [6.07, 6.45) is 3.25. The first-order chi connectivity index (χ1) is 10.5. The zero-order valence-corrected chi connectivity index (χ0v) is 11.9. The average Bonchev–Trinajstić information content (AvgIpc) is 2.90. The van der Waals surface area contributed by atoms with E-state index in [1.165, 1.54) is 25.2 Å². The van der Waals surface area contributed by atoms with Gasteiger partial charge in [-0.15, -0.1) is 0 Å². The summed E-state index contributed by atoms with van der Waals surface area (Å²) in [5, 5.41) is 0. The van der Waals surface area contributed by atoms with Crippen molar-refractivity contribution >= 4 is 17.9 Å². The highest BCUT2D eigenvalue weighted by molar-refractivity contribution is 5.89. The lowest BCUT2D eigenvalue weighted by molar-refractivity contribution is -0.145. The van der Waals surface area contributed by atoms with Crippen molar-refractivity contribution in [2.24, 2.45) is 0 Å². The number of rotatable bonds is 5. The van der Waals surface area contributed by atoms with Gasteiger partial charge in [0.25, 0.3) is 0 Å². The van der Waals surface area contributed by atoms with Crippen molar-refractivity contribution in [2.75, 3.05) is 6.61 Å². The van der Waals surface area contributed by atoms with Gasteiger partial charge in [0.1, 0.15) is 12.4 Å². The molecule has 114 valence electrons. The molecule has 1 atom stereocenters. The van der Waals surface area contributed by atoms with Crippen LogP contribution in [0, 0.1) is 0 Å². The van der Waals surface area contributed by atoms with Gasteiger partial charge in [-0.25, -0.2) is 9.59 Å². The standard InChI is InChI=1S/C16H14O6/c1-11(17)21-14(9-13-7-8-15(18)22-13)10-20-16(19)12-5-3-2-4-6-12/h2-9,14H,10H2,1H3/b13-9-. The van der Waals surface area contributed by atoms with Crippen molar-refractivity contribution in [3.63, 3.8) is 0 Å². The molecule has 2 rings (SSSR count). The van der Waals surface area contributed by atoms with Crippen LogP contribution in [0.15, 0.2) is 54.3 Å². The Hall–Kier alpha value is -2.89. The highest BCUT2D eigenvalue weighted by Crippen LogP contribution is 2.12. The molecule has 0 aromatic heterocycles. The number of allylic oxidation sites excluding steroid dienone is 1. The quantitative estimate of drug-likeness (QED) is 0.609. The molecule has 0 bridgehead atoms. The molecule has 0 spiro atoms. The van der Waals surface area contributed by atoms with E-state index in [4.69, 9.17) is 14.2 Å². The van der Waals surface area contributed by atoms with E-state index in [0.29, 0.717) is 5.56 Å². The Balaban J connectivity index is 1.98. The third-order valence-electron chi connectivity index (χ3n) is 2.66. The van der Waals surface area contributed by atoms with E-state index < -0.39 is 24.0 Å². The molecule has 0 saturated carbocycles. The minimum Gasteiger partial charge on any atom is -0.458 e. The summed E-state index contributed by atoms with van der Waals surface area (Å²) in [6.45, 7) is 1.06. The van der Waals surface area contributed by atoms with Gasteiger partial charge < -0.3 is 14.2 Å². The zero-order valence-electron chi connectivity index (χ0n) is 11.9. The van der Waals surface area contributed by atoms with Gasteiger partial charge in [-0.1, -0.05) is 18.2 Å². The van der Waals surface area contributed by atoms with E-state index in [9.17, 15) is 14.4 Å². The van der Waals surface area contributed by atoms with Gasteiger partial charge in [-0.05, 0) is 18.2 Å². The van der Waals surface area contributed by atoms with Crippen LogP contribution in [0.2, 0.25) is 0 Å². The summed E-state index contributed by atoms with van der Waals surface area (Å²) in [6, 6.07) is 8.44. The number of carbonyl (C=O) groups is 3. The Morgan fingerprint density at radius 2 is 1.95 bits per heavy atom. The molecule has 0 amide bonds. The van der Waals surface area contributed by atoms with Crippen LogP contribution in [0.1, 0.15) is 17.3 Å². The van der Waals surface area contributed by atoms with Gasteiger partial charge >= 0.3 is 17.9 Å². The maximum absolute atomic E-state index is 11.8. The third kappa shape index (κ3) is 4.59. The van der Waals surface area contributed by atoms with E-state index in [2.05, 4.69) is 0 Å². The molecule has 1 heterocycles. The van der Waals surface area contributed by atoms with Crippen LogP contribution in [0.25, 0.3) is 0 Å². The number of ether oxygens (including phenoxy) is 3. The predicted molar refractivity (Wildman–Crippen MR) is 75.6 cm³/mol. The van der Waals surface area contributed by atoms with Crippen LogP contribution < -0.4 is 0 Å². The summed E-state index contributed by atoms with van der Waals surface area (Å²) >= 11 is 0. The fraction of sp³-hybridized carbons (Fsp3) is 0.188. The first-order valence-corrected chi connectivity index (χ1v) is 6.55. The lowest BCUT2D eigenvalue weighted by Gasteiger charge is -2.14. The van der Waals surface area contributed by atoms with E-state index >= 15 is 0 Å². The first kappa shape index (κ1) is 15.5. The largest absolute Gasteiger partial charge is 0.458 e. The second kappa shape index (κ2) is 7.21. The van der Waals surface area contributed by atoms with E-state index in [1.807, 2.05) is 0 Å². The van der Waals surface area contributed by atoms with Gasteiger partial charge in [0.2, 0.25) is 0 Å². The third-order valence-corrected chi connectivity index (χ3v) is 2.66. The average molecular weight is 302 g/mol. The van der Waals surface area contributed by atoms with Crippen LogP contribution >= 0.6 is 0 Å². The number of benzene rings is 1. The van der Waals surface area contributed by atoms with Crippen molar-refractivity contribution < 1.29 is 28.6 Å². The SMILES string of the molecule is CC(=O)OC(/C=C1/C=CC(=O)O1)COC(=O)c1ccccc1. The number of carbonyl (C=O) groups excluding carboxylic acids is 3. The minimum absolute atomic E-state index is 0.178. The second-order valence-corrected chi connectivity index (χ2v) is 4.44. The van der Waals surface area contributed by atoms with Crippen LogP contribution in [0.5, 0.6) is 0 Å². The molecule has 0 saturated heterocycles. The van der Waals surface area contributed by atoms with Crippen molar-refractivity contribution in [2.45, 2.75) is 13.0 Å². The molecule has 6 heteroatoms. The zero-order chi connectivity index (χ0) is 15.9. The smallest absolute Gasteiger partial charge is 0.338 e. The predicted octanol–water partition coefficient (Wildman–Crippen LogP) is 1.77. The Bertz CT molecular complexity index is 629. The number of hydrogen-bond donors (Lipinski definition) is 0. The van der Waals surface area contributed by atoms with Gasteiger partial charge in [0.05, 0.1) is 5.56 Å². The lowest BCUT2D eigenvalue weighted by Crippen LogP contribution is -2.23. The van der Waals surface area contributed by atoms with Crippen LogP contribution in [-0.4, -0.2) is 30.6 Å². The molecule has 6 nitrogen and oxygen atoms in total. The monoisotopic (exact) mass is 302 g/mol. The van der Waals surface area contributed by atoms with Crippen LogP contribution in [0.4, 0.5) is 0 Å². The van der Waals surface area contributed by atoms with Gasteiger partial charge in [-0.3, -0.25) is 4.79 Å². The number of cyclic esters (lactones) is 1. The van der Waals surface area contributed by atoms with Gasteiger partial charge in [0, 0.05) is 19.1 Å². The topological polar surface area (TPSA) is 78.9 Å². The molecular formula is C16H14O6. The number of hydrogen-bond acceptors (Lipinski definition) is 6. The van der Waals surface area contributed by atoms with Crippen molar-refractivity contribution in [1.82, 2.24) is 0 Å². The summed E-state index contributed by atoms with van der Waals surface area (Å²) < 4.78 is 15.0. The van der Waals surface area contributed by atoms with Gasteiger partial charge in [0.15, 0.2) is 6.10 Å². The maximum Gasteiger partial charge on any atom is 0.338 e. The lowest BCUT2D eigenvalue weighted by atomic mass is 10.2. The molecule has 1 unspecified atom stereocenters. The highest BCUT2D eigenvalue weighted by atomic mass is 16.6. The second-order valence-electron chi connectivity index (χ2n) is 4.44. The Labute approximate surface area is 127 Å². The summed E-state index contributed by atoms with van der Waals surface area (Å²) in [5.41, 5.74) is 0.393. The molecule has 1 aliphatic heterocycles. The van der Waals surface area contributed by atoms with Crippen LogP contribution in [0.3, 0.4) is 0 Å². The van der Waals surface area contributed by atoms with E-state index in [0.717, 1.165) is 0 Å². The van der Waals surface area contributed by atoms with Crippen molar-refractivity contribution in [3.05, 3.63) is 59.9 Å². The normalized spacial score (nSPS) is 16.2. The first-order valence-electron chi connectivity index (χ1n) is 6.55. The highest BCUT2D eigenvalue weighted by Gasteiger charge is 2.17. The summed E-state index contributed by atoms with van der Waals surface area (Å²) in [7, 11) is 0. The van der Waals surface area contributed by atoms with Crippen molar-refractivity contribution in [3.8, 4) is 0 Å². The number of esters is 3. The fourth-order valence-corrected chi connectivity index (χ4v) is 1.75. The summed E-state index contributed by atoms with van der Waals surface area (Å²) in [5.74, 6) is -1.33. The van der Waals surface area contributed by atoms with Crippen molar-refractivity contribution in [1.29, 1.82) is 0 Å². The molecule has 0 fully saturated rings.